The van der Waals surface area contributed by atoms with Crippen molar-refractivity contribution >= 4 is 39.7 Å². The lowest BCUT2D eigenvalue weighted by atomic mass is 10.2. The van der Waals surface area contributed by atoms with Gasteiger partial charge in [0.15, 0.2) is 9.84 Å². The molecule has 0 spiro atoms. The quantitative estimate of drug-likeness (QED) is 0.836. The molecule has 2 rings (SSSR count). The summed E-state index contributed by atoms with van der Waals surface area (Å²) in [5, 5.41) is 1.79. The van der Waals surface area contributed by atoms with Crippen LogP contribution in [0.3, 0.4) is 0 Å². The fraction of sp³-hybridized carbons (Fsp3) is 0.500. The fourth-order valence-corrected chi connectivity index (χ4v) is 4.76. The third-order valence-electron chi connectivity index (χ3n) is 2.87. The number of hydrogen-bond donors (Lipinski definition) is 1. The molecule has 0 bridgehead atoms. The van der Waals surface area contributed by atoms with Crippen molar-refractivity contribution in [3.05, 3.63) is 16.3 Å². The molecule has 1 aromatic rings. The highest BCUT2D eigenvalue weighted by Crippen LogP contribution is 2.22. The first-order chi connectivity index (χ1) is 7.89. The van der Waals surface area contributed by atoms with Crippen LogP contribution in [0.4, 0.5) is 0 Å². The van der Waals surface area contributed by atoms with Crippen LogP contribution < -0.4 is 0 Å². The first kappa shape index (κ1) is 12.9. The summed E-state index contributed by atoms with van der Waals surface area (Å²) in [6.07, 6.45) is 0.531. The third kappa shape index (κ3) is 2.83. The Morgan fingerprint density at radius 2 is 2.29 bits per heavy atom. The van der Waals surface area contributed by atoms with Crippen molar-refractivity contribution in [1.82, 2.24) is 4.90 Å². The second-order valence-electron chi connectivity index (χ2n) is 4.14. The van der Waals surface area contributed by atoms with Crippen molar-refractivity contribution in [3.8, 4) is 0 Å². The molecular formula is C10H13NO3S3. The number of hydrogen-bond acceptors (Lipinski definition) is 5. The van der Waals surface area contributed by atoms with Gasteiger partial charge in [-0.25, -0.2) is 8.42 Å². The highest BCUT2D eigenvalue weighted by atomic mass is 32.2. The van der Waals surface area contributed by atoms with Gasteiger partial charge in [-0.1, -0.05) is 0 Å². The van der Waals surface area contributed by atoms with E-state index in [1.54, 1.807) is 18.5 Å². The molecule has 4 nitrogen and oxygen atoms in total. The van der Waals surface area contributed by atoms with Gasteiger partial charge in [0.2, 0.25) is 0 Å². The first-order valence-electron chi connectivity index (χ1n) is 5.14. The molecule has 1 aliphatic rings. The minimum Gasteiger partial charge on any atom is -0.337 e. The molecule has 2 heterocycles. The number of carbonyl (C=O) groups is 1. The van der Waals surface area contributed by atoms with Gasteiger partial charge in [-0.3, -0.25) is 4.79 Å². The first-order valence-corrected chi connectivity index (χ1v) is 8.29. The van der Waals surface area contributed by atoms with E-state index < -0.39 is 9.84 Å². The number of sulfone groups is 1. The van der Waals surface area contributed by atoms with E-state index in [-0.39, 0.29) is 23.5 Å². The summed E-state index contributed by atoms with van der Waals surface area (Å²) in [6.45, 7) is 0. The molecule has 1 atom stereocenters. The maximum Gasteiger partial charge on any atom is 0.263 e. The molecule has 17 heavy (non-hydrogen) atoms. The Bertz CT molecular complexity index is 535. The molecule has 1 saturated heterocycles. The topological polar surface area (TPSA) is 54.5 Å². The second-order valence-corrected chi connectivity index (χ2v) is 7.80. The van der Waals surface area contributed by atoms with E-state index in [4.69, 9.17) is 0 Å². The van der Waals surface area contributed by atoms with E-state index in [0.717, 1.165) is 4.90 Å². The van der Waals surface area contributed by atoms with E-state index in [2.05, 4.69) is 12.6 Å². The van der Waals surface area contributed by atoms with Crippen molar-refractivity contribution < 1.29 is 13.2 Å². The Balaban J connectivity index is 2.11. The molecule has 0 saturated carbocycles. The van der Waals surface area contributed by atoms with Crippen LogP contribution in [-0.2, 0) is 9.84 Å². The Hall–Kier alpha value is -0.530. The van der Waals surface area contributed by atoms with Gasteiger partial charge >= 0.3 is 0 Å². The van der Waals surface area contributed by atoms with Crippen LogP contribution in [0.2, 0.25) is 0 Å². The molecule has 1 fully saturated rings. The lowest BCUT2D eigenvalue weighted by Gasteiger charge is -2.22. The van der Waals surface area contributed by atoms with E-state index in [1.807, 2.05) is 0 Å². The van der Waals surface area contributed by atoms with Crippen molar-refractivity contribution in [2.24, 2.45) is 0 Å². The van der Waals surface area contributed by atoms with Crippen LogP contribution in [0.5, 0.6) is 0 Å². The molecule has 7 heteroatoms. The van der Waals surface area contributed by atoms with E-state index in [9.17, 15) is 13.2 Å². The van der Waals surface area contributed by atoms with Crippen molar-refractivity contribution in [2.45, 2.75) is 17.4 Å². The van der Waals surface area contributed by atoms with Gasteiger partial charge in [0.1, 0.15) is 0 Å². The van der Waals surface area contributed by atoms with Gasteiger partial charge in [0.05, 0.1) is 16.4 Å². The Morgan fingerprint density at radius 1 is 1.59 bits per heavy atom. The normalized spacial score (nSPS) is 22.6. The van der Waals surface area contributed by atoms with Gasteiger partial charge in [-0.15, -0.1) is 24.0 Å². The summed E-state index contributed by atoms with van der Waals surface area (Å²) in [5.74, 6) is 0.128. The third-order valence-corrected chi connectivity index (χ3v) is 5.97. The summed E-state index contributed by atoms with van der Waals surface area (Å²) in [7, 11) is -1.30. The van der Waals surface area contributed by atoms with Gasteiger partial charge in [-0.2, -0.15) is 0 Å². The van der Waals surface area contributed by atoms with E-state index in [1.165, 1.54) is 16.2 Å². The minimum atomic E-state index is -2.96. The lowest BCUT2D eigenvalue weighted by molar-refractivity contribution is 0.0752. The molecule has 94 valence electrons. The number of thiophene rings is 1. The summed E-state index contributed by atoms with van der Waals surface area (Å²) in [6, 6.07) is 1.51. The van der Waals surface area contributed by atoms with Gasteiger partial charge in [-0.05, 0) is 12.5 Å². The van der Waals surface area contributed by atoms with Crippen LogP contribution >= 0.6 is 24.0 Å². The molecule has 0 aliphatic carbocycles. The molecule has 0 N–H and O–H groups in total. The maximum absolute atomic E-state index is 12.1. The van der Waals surface area contributed by atoms with Gasteiger partial charge in [0.25, 0.3) is 5.91 Å². The zero-order valence-electron chi connectivity index (χ0n) is 9.29. The minimum absolute atomic E-state index is 0.0777. The Labute approximate surface area is 110 Å². The van der Waals surface area contributed by atoms with Crippen molar-refractivity contribution in [1.29, 1.82) is 0 Å². The number of carbonyl (C=O) groups excluding carboxylic acids is 1. The van der Waals surface area contributed by atoms with Crippen LogP contribution in [0.15, 0.2) is 16.3 Å². The molecule has 1 amide bonds. The van der Waals surface area contributed by atoms with Crippen molar-refractivity contribution in [2.75, 3.05) is 18.6 Å². The molecule has 0 aromatic carbocycles. The number of rotatable bonds is 2. The number of thiol groups is 1. The highest BCUT2D eigenvalue weighted by molar-refractivity contribution is 7.91. The molecule has 0 radical (unpaired) electrons. The summed E-state index contributed by atoms with van der Waals surface area (Å²) < 4.78 is 22.7. The fourth-order valence-electron chi connectivity index (χ4n) is 1.86. The van der Waals surface area contributed by atoms with Gasteiger partial charge < -0.3 is 4.90 Å². The zero-order valence-corrected chi connectivity index (χ0v) is 11.8. The van der Waals surface area contributed by atoms with Crippen LogP contribution in [0, 0.1) is 0 Å². The Kier molecular flexibility index (Phi) is 3.51. The van der Waals surface area contributed by atoms with Crippen LogP contribution in [-0.4, -0.2) is 43.8 Å². The van der Waals surface area contributed by atoms with Crippen LogP contribution in [0.25, 0.3) is 0 Å². The molecular weight excluding hydrogens is 278 g/mol. The van der Waals surface area contributed by atoms with Gasteiger partial charge in [0, 0.05) is 23.4 Å². The molecule has 1 aliphatic heterocycles. The zero-order chi connectivity index (χ0) is 12.6. The maximum atomic E-state index is 12.1. The van der Waals surface area contributed by atoms with E-state index >= 15 is 0 Å². The lowest BCUT2D eigenvalue weighted by Crippen LogP contribution is -2.37. The summed E-state index contributed by atoms with van der Waals surface area (Å²) in [5.41, 5.74) is 0. The molecule has 1 aromatic heterocycles. The monoisotopic (exact) mass is 291 g/mol. The Morgan fingerprint density at radius 3 is 2.76 bits per heavy atom. The largest absolute Gasteiger partial charge is 0.337 e. The summed E-state index contributed by atoms with van der Waals surface area (Å²) in [4.78, 5) is 14.9. The highest BCUT2D eigenvalue weighted by Gasteiger charge is 2.33. The molecule has 1 unspecified atom stereocenters. The van der Waals surface area contributed by atoms with E-state index in [0.29, 0.717) is 11.3 Å². The van der Waals surface area contributed by atoms with Crippen LogP contribution in [0.1, 0.15) is 16.1 Å². The number of nitrogens with zero attached hydrogens (tertiary/aromatic N) is 1. The second kappa shape index (κ2) is 4.62. The average molecular weight is 291 g/mol. The predicted molar refractivity (Wildman–Crippen MR) is 70.7 cm³/mol. The average Bonchev–Trinajstić information content (AvgIpc) is 2.82. The van der Waals surface area contributed by atoms with Crippen molar-refractivity contribution in [3.63, 3.8) is 0 Å². The summed E-state index contributed by atoms with van der Waals surface area (Å²) >= 11 is 5.48. The smallest absolute Gasteiger partial charge is 0.263 e. The predicted octanol–water partition coefficient (Wildman–Crippen LogP) is 1.30. The SMILES string of the molecule is CN(C(=O)c1cc(S)cs1)C1CCS(=O)(=O)C1. The number of amides is 1. The standard InChI is InChI=1S/C10H13NO3S3/c1-11(7-2-3-17(13,14)6-7)10(12)9-4-8(15)5-16-9/h4-5,7,15H,2-3,6H2,1H3.